The van der Waals surface area contributed by atoms with Crippen LogP contribution in [-0.4, -0.2) is 22.9 Å². The van der Waals surface area contributed by atoms with Crippen molar-refractivity contribution in [2.24, 2.45) is 0 Å². The molecule has 0 atom stereocenters. The van der Waals surface area contributed by atoms with E-state index in [1.165, 1.54) is 0 Å². The summed E-state index contributed by atoms with van der Waals surface area (Å²) in [6.45, 7) is -0.212. The monoisotopic (exact) mass is 330 g/mol. The molecule has 0 saturated carbocycles. The van der Waals surface area contributed by atoms with Crippen molar-refractivity contribution < 1.29 is 9.53 Å². The van der Waals surface area contributed by atoms with Gasteiger partial charge in [0, 0.05) is 10.0 Å². The van der Waals surface area contributed by atoms with Crippen LogP contribution in [0.25, 0.3) is 0 Å². The van der Waals surface area contributed by atoms with Gasteiger partial charge in [-0.1, -0.05) is 34.1 Å². The molecule has 100 valence electrons. The number of anilines is 1. The van der Waals surface area contributed by atoms with Crippen LogP contribution in [-0.2, 0) is 4.79 Å². The summed E-state index contributed by atoms with van der Waals surface area (Å²) in [6, 6.07) is 14.8. The Labute approximate surface area is 124 Å². The third-order valence-electron chi connectivity index (χ3n) is 3.09. The standard InChI is InChI=1S/C15H11BrN2O2/c16-11-6-7-13-12(8-11)15(10-4-2-1-3-5-10)18(20)9-14(19)17-13/h1-8H,9H2,(H,17,19). The number of benzodiazepines with no additional fused rings is 1. The topological polar surface area (TPSA) is 55.2 Å². The normalized spacial score (nSPS) is 14.6. The molecule has 1 amide bonds. The Bertz CT molecular complexity index is 711. The summed E-state index contributed by atoms with van der Waals surface area (Å²) in [5.74, 6) is -0.311. The van der Waals surface area contributed by atoms with Gasteiger partial charge in [-0.3, -0.25) is 4.79 Å². The van der Waals surface area contributed by atoms with Crippen molar-refractivity contribution in [3.63, 3.8) is 0 Å². The second kappa shape index (κ2) is 5.09. The number of fused-ring (bicyclic) bond motifs is 1. The first-order valence-electron chi connectivity index (χ1n) is 6.12. The minimum atomic E-state index is -0.311. The number of carbonyl (C=O) groups excluding carboxylic acids is 1. The molecule has 4 nitrogen and oxygen atoms in total. The molecule has 3 rings (SSSR count). The SMILES string of the molecule is O=C1C[N+]([O-])=C(c2ccccc2)c2cc(Br)ccc2N1. The Balaban J connectivity index is 2.28. The van der Waals surface area contributed by atoms with Gasteiger partial charge in [0.25, 0.3) is 5.91 Å². The van der Waals surface area contributed by atoms with Gasteiger partial charge in [-0.25, -0.2) is 0 Å². The molecule has 1 aliphatic rings. The van der Waals surface area contributed by atoms with Gasteiger partial charge in [0.15, 0.2) is 0 Å². The van der Waals surface area contributed by atoms with Gasteiger partial charge >= 0.3 is 0 Å². The highest BCUT2D eigenvalue weighted by atomic mass is 79.9. The lowest BCUT2D eigenvalue weighted by atomic mass is 10.0. The number of rotatable bonds is 1. The highest BCUT2D eigenvalue weighted by molar-refractivity contribution is 9.10. The van der Waals surface area contributed by atoms with Crippen molar-refractivity contribution in [1.29, 1.82) is 0 Å². The number of hydroxylamine groups is 1. The molecular formula is C15H11BrN2O2. The first-order valence-corrected chi connectivity index (χ1v) is 6.91. The van der Waals surface area contributed by atoms with E-state index in [1.54, 1.807) is 6.07 Å². The van der Waals surface area contributed by atoms with Gasteiger partial charge in [0.2, 0.25) is 12.3 Å². The molecule has 2 aromatic carbocycles. The number of halogens is 1. The van der Waals surface area contributed by atoms with Crippen molar-refractivity contribution in [1.82, 2.24) is 0 Å². The molecule has 2 aromatic rings. The molecule has 0 aromatic heterocycles. The van der Waals surface area contributed by atoms with Crippen LogP contribution < -0.4 is 5.32 Å². The zero-order chi connectivity index (χ0) is 14.1. The zero-order valence-electron chi connectivity index (χ0n) is 10.5. The molecule has 5 heteroatoms. The van der Waals surface area contributed by atoms with Crippen LogP contribution >= 0.6 is 15.9 Å². The maximum atomic E-state index is 12.3. The molecule has 1 heterocycles. The fourth-order valence-corrected chi connectivity index (χ4v) is 2.61. The third kappa shape index (κ3) is 2.32. The fourth-order valence-electron chi connectivity index (χ4n) is 2.25. The molecule has 20 heavy (non-hydrogen) atoms. The van der Waals surface area contributed by atoms with Crippen LogP contribution in [0.4, 0.5) is 5.69 Å². The largest absolute Gasteiger partial charge is 0.623 e. The Morgan fingerprint density at radius 3 is 2.65 bits per heavy atom. The Hall–Kier alpha value is -2.14. The number of carbonyl (C=O) groups is 1. The van der Waals surface area contributed by atoms with Gasteiger partial charge in [-0.05, 0) is 30.3 Å². The zero-order valence-corrected chi connectivity index (χ0v) is 12.1. The summed E-state index contributed by atoms with van der Waals surface area (Å²) in [5.41, 5.74) is 2.65. The Morgan fingerprint density at radius 2 is 1.90 bits per heavy atom. The number of nitrogens with zero attached hydrogens (tertiary/aromatic N) is 1. The first-order chi connectivity index (χ1) is 9.65. The molecule has 0 saturated heterocycles. The Kier molecular flexibility index (Phi) is 3.28. The number of benzene rings is 2. The number of hydrogen-bond acceptors (Lipinski definition) is 2. The molecule has 0 radical (unpaired) electrons. The van der Waals surface area contributed by atoms with Gasteiger partial charge in [0.05, 0.1) is 11.3 Å². The van der Waals surface area contributed by atoms with Crippen LogP contribution in [0.15, 0.2) is 53.0 Å². The first kappa shape index (κ1) is 12.9. The lowest BCUT2D eigenvalue weighted by Gasteiger charge is -2.09. The highest BCUT2D eigenvalue weighted by Gasteiger charge is 2.26. The van der Waals surface area contributed by atoms with Crippen molar-refractivity contribution in [2.75, 3.05) is 11.9 Å². The van der Waals surface area contributed by atoms with E-state index >= 15 is 0 Å². The van der Waals surface area contributed by atoms with Crippen LogP contribution in [0.5, 0.6) is 0 Å². The summed E-state index contributed by atoms with van der Waals surface area (Å²) in [6.07, 6.45) is 0. The summed E-state index contributed by atoms with van der Waals surface area (Å²) in [4.78, 5) is 11.7. The summed E-state index contributed by atoms with van der Waals surface area (Å²) in [7, 11) is 0. The molecule has 0 fully saturated rings. The van der Waals surface area contributed by atoms with E-state index in [2.05, 4.69) is 21.2 Å². The molecule has 1 aliphatic heterocycles. The quantitative estimate of drug-likeness (QED) is 0.645. The number of hydrogen-bond donors (Lipinski definition) is 1. The van der Waals surface area contributed by atoms with E-state index in [1.807, 2.05) is 42.5 Å². The van der Waals surface area contributed by atoms with E-state index in [9.17, 15) is 10.0 Å². The summed E-state index contributed by atoms with van der Waals surface area (Å²) >= 11 is 3.40. The molecule has 1 N–H and O–H groups in total. The van der Waals surface area contributed by atoms with E-state index in [4.69, 9.17) is 0 Å². The second-order valence-electron chi connectivity index (χ2n) is 4.49. The lowest BCUT2D eigenvalue weighted by Crippen LogP contribution is -2.23. The van der Waals surface area contributed by atoms with E-state index in [0.29, 0.717) is 17.0 Å². The predicted octanol–water partition coefficient (Wildman–Crippen LogP) is 2.75. The van der Waals surface area contributed by atoms with Crippen LogP contribution in [0.1, 0.15) is 11.1 Å². The van der Waals surface area contributed by atoms with E-state index in [0.717, 1.165) is 14.8 Å². The average molecular weight is 331 g/mol. The molecule has 0 unspecified atom stereocenters. The Morgan fingerprint density at radius 1 is 1.15 bits per heavy atom. The maximum Gasteiger partial charge on any atom is 0.291 e. The summed E-state index contributed by atoms with van der Waals surface area (Å²) in [5, 5.41) is 15.1. The smallest absolute Gasteiger partial charge is 0.291 e. The van der Waals surface area contributed by atoms with Gasteiger partial charge in [0.1, 0.15) is 0 Å². The molecular weight excluding hydrogens is 320 g/mol. The van der Waals surface area contributed by atoms with Crippen molar-refractivity contribution in [2.45, 2.75) is 0 Å². The van der Waals surface area contributed by atoms with Gasteiger partial charge in [-0.15, -0.1) is 0 Å². The van der Waals surface area contributed by atoms with Gasteiger partial charge in [-0.2, -0.15) is 4.74 Å². The van der Waals surface area contributed by atoms with Crippen molar-refractivity contribution in [3.05, 3.63) is 69.3 Å². The summed E-state index contributed by atoms with van der Waals surface area (Å²) < 4.78 is 1.59. The second-order valence-corrected chi connectivity index (χ2v) is 5.41. The van der Waals surface area contributed by atoms with Crippen molar-refractivity contribution >= 4 is 33.2 Å². The highest BCUT2D eigenvalue weighted by Crippen LogP contribution is 2.25. The van der Waals surface area contributed by atoms with Crippen LogP contribution in [0.2, 0.25) is 0 Å². The minimum Gasteiger partial charge on any atom is -0.623 e. The molecule has 0 spiro atoms. The van der Waals surface area contributed by atoms with E-state index < -0.39 is 0 Å². The maximum absolute atomic E-state index is 12.3. The third-order valence-corrected chi connectivity index (χ3v) is 3.59. The van der Waals surface area contributed by atoms with Crippen LogP contribution in [0.3, 0.4) is 0 Å². The lowest BCUT2D eigenvalue weighted by molar-refractivity contribution is -0.443. The predicted molar refractivity (Wildman–Crippen MR) is 80.9 cm³/mol. The number of amides is 1. The minimum absolute atomic E-state index is 0.212. The fraction of sp³-hybridized carbons (Fsp3) is 0.0667. The van der Waals surface area contributed by atoms with Crippen LogP contribution in [0, 0.1) is 5.21 Å². The average Bonchev–Trinajstić information content (AvgIpc) is 2.54. The van der Waals surface area contributed by atoms with Crippen molar-refractivity contribution in [3.8, 4) is 0 Å². The molecule has 0 bridgehead atoms. The number of nitrogens with one attached hydrogen (secondary N) is 1. The molecule has 0 aliphatic carbocycles. The van der Waals surface area contributed by atoms with Gasteiger partial charge < -0.3 is 10.5 Å². The van der Waals surface area contributed by atoms with E-state index in [-0.39, 0.29) is 12.5 Å².